The van der Waals surface area contributed by atoms with Crippen molar-refractivity contribution in [3.05, 3.63) is 30.1 Å². The molecule has 3 heteroatoms. The maximum atomic E-state index is 13.1. The minimum Gasteiger partial charge on any atom is -0.490 e. The van der Waals surface area contributed by atoms with Crippen LogP contribution in [0.15, 0.2) is 24.3 Å². The predicted molar refractivity (Wildman–Crippen MR) is 64.3 cm³/mol. The van der Waals surface area contributed by atoms with Crippen molar-refractivity contribution in [3.63, 3.8) is 0 Å². The van der Waals surface area contributed by atoms with Gasteiger partial charge in [-0.2, -0.15) is 0 Å². The standard InChI is InChI=1S/C13H20FNO/c1-3-11(2)15-9-6-10-16-13-8-5-4-7-12(13)14/h4-5,7-8,11,15H,3,6,9-10H2,1-2H3. The van der Waals surface area contributed by atoms with Crippen molar-refractivity contribution >= 4 is 0 Å². The van der Waals surface area contributed by atoms with Crippen LogP contribution in [0.5, 0.6) is 5.75 Å². The zero-order valence-corrected chi connectivity index (χ0v) is 10.0. The molecule has 0 aliphatic rings. The molecule has 1 aromatic rings. The molecule has 2 nitrogen and oxygen atoms in total. The number of benzene rings is 1. The molecule has 1 N–H and O–H groups in total. The molecule has 0 saturated heterocycles. The van der Waals surface area contributed by atoms with Crippen molar-refractivity contribution in [1.82, 2.24) is 5.32 Å². The maximum absolute atomic E-state index is 13.1. The summed E-state index contributed by atoms with van der Waals surface area (Å²) in [6.07, 6.45) is 2.01. The van der Waals surface area contributed by atoms with Crippen molar-refractivity contribution in [2.75, 3.05) is 13.2 Å². The monoisotopic (exact) mass is 225 g/mol. The Kier molecular flexibility index (Phi) is 5.86. The van der Waals surface area contributed by atoms with Crippen LogP contribution in [-0.2, 0) is 0 Å². The second-order valence-corrected chi connectivity index (χ2v) is 3.90. The molecule has 0 spiro atoms. The molecular weight excluding hydrogens is 205 g/mol. The fraction of sp³-hybridized carbons (Fsp3) is 0.538. The zero-order valence-electron chi connectivity index (χ0n) is 10.0. The Morgan fingerprint density at radius 2 is 2.12 bits per heavy atom. The van der Waals surface area contributed by atoms with Crippen molar-refractivity contribution in [1.29, 1.82) is 0 Å². The third-order valence-electron chi connectivity index (χ3n) is 2.52. The predicted octanol–water partition coefficient (Wildman–Crippen LogP) is 2.98. The summed E-state index contributed by atoms with van der Waals surface area (Å²) in [6.45, 7) is 5.75. The molecule has 1 aromatic carbocycles. The van der Waals surface area contributed by atoms with Gasteiger partial charge in [0.2, 0.25) is 0 Å². The quantitative estimate of drug-likeness (QED) is 0.720. The molecule has 0 aliphatic carbocycles. The first-order valence-electron chi connectivity index (χ1n) is 5.84. The lowest BCUT2D eigenvalue weighted by molar-refractivity contribution is 0.291. The smallest absolute Gasteiger partial charge is 0.165 e. The molecule has 1 rings (SSSR count). The second-order valence-electron chi connectivity index (χ2n) is 3.90. The van der Waals surface area contributed by atoms with E-state index in [1.807, 2.05) is 0 Å². The van der Waals surface area contributed by atoms with Gasteiger partial charge in [0.1, 0.15) is 0 Å². The number of ether oxygens (including phenoxy) is 1. The summed E-state index contributed by atoms with van der Waals surface area (Å²) in [5.74, 6) is 0.0448. The number of nitrogens with one attached hydrogen (secondary N) is 1. The van der Waals surface area contributed by atoms with Crippen molar-refractivity contribution in [2.45, 2.75) is 32.7 Å². The number of hydrogen-bond acceptors (Lipinski definition) is 2. The van der Waals surface area contributed by atoms with Crippen LogP contribution in [0.2, 0.25) is 0 Å². The molecule has 1 unspecified atom stereocenters. The summed E-state index contributed by atoms with van der Waals surface area (Å²) >= 11 is 0. The van der Waals surface area contributed by atoms with Gasteiger partial charge in [-0.05, 0) is 38.4 Å². The fourth-order valence-electron chi connectivity index (χ4n) is 1.31. The molecule has 16 heavy (non-hydrogen) atoms. The molecule has 0 aliphatic heterocycles. The summed E-state index contributed by atoms with van der Waals surface area (Å²) in [5.41, 5.74) is 0. The van der Waals surface area contributed by atoms with E-state index in [9.17, 15) is 4.39 Å². The molecule has 0 amide bonds. The van der Waals surface area contributed by atoms with Gasteiger partial charge in [-0.15, -0.1) is 0 Å². The van der Waals surface area contributed by atoms with E-state index in [0.29, 0.717) is 18.4 Å². The average molecular weight is 225 g/mol. The molecule has 0 bridgehead atoms. The summed E-state index contributed by atoms with van der Waals surface area (Å²) in [5, 5.41) is 3.36. The van der Waals surface area contributed by atoms with E-state index >= 15 is 0 Å². The molecule has 1 atom stereocenters. The molecule has 0 heterocycles. The summed E-state index contributed by atoms with van der Waals surface area (Å²) in [6, 6.07) is 7.03. The Morgan fingerprint density at radius 3 is 2.81 bits per heavy atom. The lowest BCUT2D eigenvalue weighted by Crippen LogP contribution is -2.27. The molecule has 0 fully saturated rings. The summed E-state index contributed by atoms with van der Waals surface area (Å²) < 4.78 is 18.5. The van der Waals surface area contributed by atoms with Crippen LogP contribution in [0, 0.1) is 5.82 Å². The highest BCUT2D eigenvalue weighted by molar-refractivity contribution is 5.23. The second kappa shape index (κ2) is 7.23. The van der Waals surface area contributed by atoms with Gasteiger partial charge in [-0.1, -0.05) is 19.1 Å². The number of hydrogen-bond donors (Lipinski definition) is 1. The lowest BCUT2D eigenvalue weighted by Gasteiger charge is -2.11. The maximum Gasteiger partial charge on any atom is 0.165 e. The fourth-order valence-corrected chi connectivity index (χ4v) is 1.31. The van der Waals surface area contributed by atoms with E-state index in [1.165, 1.54) is 6.07 Å². The molecule has 0 radical (unpaired) electrons. The first-order valence-corrected chi connectivity index (χ1v) is 5.84. The lowest BCUT2D eigenvalue weighted by atomic mass is 10.2. The Hall–Kier alpha value is -1.09. The van der Waals surface area contributed by atoms with Crippen LogP contribution in [0.4, 0.5) is 4.39 Å². The first kappa shape index (κ1) is 13.0. The molecule has 0 saturated carbocycles. The van der Waals surface area contributed by atoms with Crippen LogP contribution in [0.25, 0.3) is 0 Å². The van der Waals surface area contributed by atoms with E-state index in [0.717, 1.165) is 19.4 Å². The number of para-hydroxylation sites is 1. The normalized spacial score (nSPS) is 12.4. The topological polar surface area (TPSA) is 21.3 Å². The van der Waals surface area contributed by atoms with Crippen molar-refractivity contribution < 1.29 is 9.13 Å². The SMILES string of the molecule is CCC(C)NCCCOc1ccccc1F. The van der Waals surface area contributed by atoms with E-state index < -0.39 is 0 Å². The summed E-state index contributed by atoms with van der Waals surface area (Å²) in [4.78, 5) is 0. The van der Waals surface area contributed by atoms with Crippen LogP contribution in [0.1, 0.15) is 26.7 Å². The van der Waals surface area contributed by atoms with Gasteiger partial charge in [0, 0.05) is 6.04 Å². The van der Waals surface area contributed by atoms with E-state index in [-0.39, 0.29) is 5.82 Å². The van der Waals surface area contributed by atoms with E-state index in [2.05, 4.69) is 19.2 Å². The highest BCUT2D eigenvalue weighted by atomic mass is 19.1. The Bertz CT molecular complexity index is 304. The minimum atomic E-state index is -0.294. The Balaban J connectivity index is 2.14. The van der Waals surface area contributed by atoms with Gasteiger partial charge in [-0.25, -0.2) is 4.39 Å². The van der Waals surface area contributed by atoms with Gasteiger partial charge >= 0.3 is 0 Å². The number of halogens is 1. The largest absolute Gasteiger partial charge is 0.490 e. The van der Waals surface area contributed by atoms with Gasteiger partial charge < -0.3 is 10.1 Å². The zero-order chi connectivity index (χ0) is 11.8. The van der Waals surface area contributed by atoms with Gasteiger partial charge in [0.15, 0.2) is 11.6 Å². The average Bonchev–Trinajstić information content (AvgIpc) is 2.30. The number of rotatable bonds is 7. The van der Waals surface area contributed by atoms with Gasteiger partial charge in [0.05, 0.1) is 6.61 Å². The highest BCUT2D eigenvalue weighted by Crippen LogP contribution is 2.15. The Morgan fingerprint density at radius 1 is 1.38 bits per heavy atom. The highest BCUT2D eigenvalue weighted by Gasteiger charge is 2.01. The summed E-state index contributed by atoms with van der Waals surface area (Å²) in [7, 11) is 0. The van der Waals surface area contributed by atoms with Gasteiger partial charge in [-0.3, -0.25) is 0 Å². The Labute approximate surface area is 96.8 Å². The van der Waals surface area contributed by atoms with Crippen LogP contribution >= 0.6 is 0 Å². The third kappa shape index (κ3) is 4.62. The minimum absolute atomic E-state index is 0.294. The third-order valence-corrected chi connectivity index (χ3v) is 2.52. The van der Waals surface area contributed by atoms with Crippen LogP contribution in [-0.4, -0.2) is 19.2 Å². The van der Waals surface area contributed by atoms with E-state index in [4.69, 9.17) is 4.74 Å². The van der Waals surface area contributed by atoms with Crippen molar-refractivity contribution in [3.8, 4) is 5.75 Å². The van der Waals surface area contributed by atoms with Crippen molar-refractivity contribution in [2.24, 2.45) is 0 Å². The molecular formula is C13H20FNO. The van der Waals surface area contributed by atoms with Crippen LogP contribution in [0.3, 0.4) is 0 Å². The van der Waals surface area contributed by atoms with E-state index in [1.54, 1.807) is 18.2 Å². The van der Waals surface area contributed by atoms with Gasteiger partial charge in [0.25, 0.3) is 0 Å². The van der Waals surface area contributed by atoms with Crippen LogP contribution < -0.4 is 10.1 Å². The first-order chi connectivity index (χ1) is 7.74. The molecule has 90 valence electrons. The molecule has 0 aromatic heterocycles.